The van der Waals surface area contributed by atoms with Crippen molar-refractivity contribution in [1.82, 2.24) is 0 Å². The SMILES string of the molecule is CS(=N)c1ccccc1. The van der Waals surface area contributed by atoms with Gasteiger partial charge in [-0.1, -0.05) is 28.9 Å². The molecule has 0 radical (unpaired) electrons. The highest BCUT2D eigenvalue weighted by Crippen LogP contribution is 2.02. The third-order valence-electron chi connectivity index (χ3n) is 1.10. The van der Waals surface area contributed by atoms with E-state index in [0.29, 0.717) is 0 Å². The molecule has 1 atom stereocenters. The molecule has 1 aromatic rings. The van der Waals surface area contributed by atoms with Crippen molar-refractivity contribution in [2.75, 3.05) is 6.26 Å². The van der Waals surface area contributed by atoms with E-state index in [2.05, 4.69) is 0 Å². The molecule has 9 heavy (non-hydrogen) atoms. The molecule has 0 amide bonds. The fourth-order valence-corrected chi connectivity index (χ4v) is 1.19. The van der Waals surface area contributed by atoms with Crippen LogP contribution in [0.1, 0.15) is 0 Å². The van der Waals surface area contributed by atoms with E-state index in [1.54, 1.807) is 0 Å². The molecule has 1 unspecified atom stereocenters. The number of hydrogen-bond acceptors (Lipinski definition) is 1. The Labute approximate surface area is 57.6 Å². The van der Waals surface area contributed by atoms with Crippen LogP contribution in [0.2, 0.25) is 0 Å². The molecule has 0 heterocycles. The first kappa shape index (κ1) is 6.49. The summed E-state index contributed by atoms with van der Waals surface area (Å²) >= 11 is 0. The second-order valence-electron chi connectivity index (χ2n) is 1.82. The van der Waals surface area contributed by atoms with E-state index in [-0.39, 0.29) is 10.7 Å². The third kappa shape index (κ3) is 1.64. The fraction of sp³-hybridized carbons (Fsp3) is 0.143. The van der Waals surface area contributed by atoms with Crippen molar-refractivity contribution in [3.05, 3.63) is 30.3 Å². The van der Waals surface area contributed by atoms with Gasteiger partial charge < -0.3 is 0 Å². The van der Waals surface area contributed by atoms with Crippen molar-refractivity contribution in [3.8, 4) is 0 Å². The highest BCUT2D eigenvalue weighted by molar-refractivity contribution is 7.85. The van der Waals surface area contributed by atoms with Gasteiger partial charge in [-0.3, -0.25) is 4.78 Å². The zero-order valence-electron chi connectivity index (χ0n) is 5.29. The first-order valence-corrected chi connectivity index (χ1v) is 4.36. The van der Waals surface area contributed by atoms with Crippen LogP contribution in [-0.4, -0.2) is 6.26 Å². The van der Waals surface area contributed by atoms with E-state index < -0.39 is 0 Å². The lowest BCUT2D eigenvalue weighted by Gasteiger charge is -1.94. The van der Waals surface area contributed by atoms with Gasteiger partial charge in [0, 0.05) is 4.90 Å². The van der Waals surface area contributed by atoms with Crippen LogP contribution in [-0.2, 0) is 10.7 Å². The van der Waals surface area contributed by atoms with Gasteiger partial charge in [-0.15, -0.1) is 0 Å². The minimum absolute atomic E-state index is 0.329. The Morgan fingerprint density at radius 2 is 1.78 bits per heavy atom. The Bertz CT molecular complexity index is 205. The largest absolute Gasteiger partial charge is 0.276 e. The molecular weight excluding hydrogens is 130 g/mol. The molecule has 0 bridgehead atoms. The third-order valence-corrected chi connectivity index (χ3v) is 2.08. The summed E-state index contributed by atoms with van der Waals surface area (Å²) in [6.07, 6.45) is 1.90. The number of benzene rings is 1. The van der Waals surface area contributed by atoms with Gasteiger partial charge in [0.1, 0.15) is 0 Å². The normalized spacial score (nSPS) is 13.0. The summed E-state index contributed by atoms with van der Waals surface area (Å²) in [5, 5.41) is 0. The van der Waals surface area contributed by atoms with Gasteiger partial charge in [0.05, 0.1) is 0 Å². The van der Waals surface area contributed by atoms with Gasteiger partial charge in [0.2, 0.25) is 0 Å². The van der Waals surface area contributed by atoms with E-state index in [4.69, 9.17) is 4.78 Å². The van der Waals surface area contributed by atoms with Gasteiger partial charge in [0.25, 0.3) is 0 Å². The van der Waals surface area contributed by atoms with Crippen LogP contribution < -0.4 is 0 Å². The molecule has 48 valence electrons. The molecule has 2 heteroatoms. The lowest BCUT2D eigenvalue weighted by molar-refractivity contribution is 1.43. The van der Waals surface area contributed by atoms with Crippen LogP contribution in [0.5, 0.6) is 0 Å². The lowest BCUT2D eigenvalue weighted by Crippen LogP contribution is -1.81. The summed E-state index contributed by atoms with van der Waals surface area (Å²) in [5.41, 5.74) is 0. The summed E-state index contributed by atoms with van der Waals surface area (Å²) in [4.78, 5) is 1.11. The fourth-order valence-electron chi connectivity index (χ4n) is 0.625. The lowest BCUT2D eigenvalue weighted by atomic mass is 10.4. The van der Waals surface area contributed by atoms with E-state index in [0.717, 1.165) is 4.90 Å². The van der Waals surface area contributed by atoms with Crippen molar-refractivity contribution < 1.29 is 0 Å². The summed E-state index contributed by atoms with van der Waals surface area (Å²) in [7, 11) is -0.329. The zero-order valence-corrected chi connectivity index (χ0v) is 6.11. The minimum atomic E-state index is -0.329. The molecule has 0 aliphatic heterocycles. The Balaban J connectivity index is 2.98. The second-order valence-corrected chi connectivity index (χ2v) is 3.32. The quantitative estimate of drug-likeness (QED) is 0.615. The van der Waals surface area contributed by atoms with Gasteiger partial charge in [-0.25, -0.2) is 0 Å². The maximum absolute atomic E-state index is 7.35. The van der Waals surface area contributed by atoms with Gasteiger partial charge in [-0.2, -0.15) is 0 Å². The minimum Gasteiger partial charge on any atom is -0.276 e. The highest BCUT2D eigenvalue weighted by atomic mass is 32.2. The molecule has 0 saturated carbocycles. The van der Waals surface area contributed by atoms with Crippen molar-refractivity contribution in [1.29, 1.82) is 4.78 Å². The van der Waals surface area contributed by atoms with Crippen LogP contribution >= 0.6 is 0 Å². The smallest absolute Gasteiger partial charge is 0.0178 e. The van der Waals surface area contributed by atoms with Crippen molar-refractivity contribution >= 4 is 10.7 Å². The van der Waals surface area contributed by atoms with Gasteiger partial charge >= 0.3 is 0 Å². The highest BCUT2D eigenvalue weighted by Gasteiger charge is 1.86. The molecule has 0 aromatic heterocycles. The van der Waals surface area contributed by atoms with E-state index in [1.807, 2.05) is 36.6 Å². The maximum atomic E-state index is 7.35. The van der Waals surface area contributed by atoms with E-state index in [9.17, 15) is 0 Å². The van der Waals surface area contributed by atoms with E-state index in [1.165, 1.54) is 0 Å². The van der Waals surface area contributed by atoms with E-state index >= 15 is 0 Å². The molecule has 1 aromatic carbocycles. The topological polar surface area (TPSA) is 23.9 Å². The Kier molecular flexibility index (Phi) is 2.01. The van der Waals surface area contributed by atoms with Crippen LogP contribution in [0.15, 0.2) is 35.2 Å². The predicted molar refractivity (Wildman–Crippen MR) is 40.7 cm³/mol. The summed E-state index contributed by atoms with van der Waals surface area (Å²) in [6, 6.07) is 9.86. The average molecular weight is 139 g/mol. The molecule has 0 fully saturated rings. The number of rotatable bonds is 1. The maximum Gasteiger partial charge on any atom is 0.0178 e. The first-order chi connectivity index (χ1) is 4.30. The van der Waals surface area contributed by atoms with Crippen molar-refractivity contribution in [3.63, 3.8) is 0 Å². The molecule has 1 N–H and O–H groups in total. The molecule has 1 nitrogen and oxygen atoms in total. The Hall–Kier alpha value is -0.630. The molecule has 1 rings (SSSR count). The first-order valence-electron chi connectivity index (χ1n) is 2.73. The zero-order chi connectivity index (χ0) is 6.69. The molecular formula is C7H9NS. The molecule has 0 aliphatic rings. The van der Waals surface area contributed by atoms with Crippen LogP contribution in [0.25, 0.3) is 0 Å². The van der Waals surface area contributed by atoms with Crippen LogP contribution in [0.4, 0.5) is 0 Å². The average Bonchev–Trinajstić information content (AvgIpc) is 1.90. The Morgan fingerprint density at radius 3 is 2.11 bits per heavy atom. The van der Waals surface area contributed by atoms with Crippen LogP contribution in [0, 0.1) is 4.78 Å². The molecule has 0 aliphatic carbocycles. The monoisotopic (exact) mass is 139 g/mol. The predicted octanol–water partition coefficient (Wildman–Crippen LogP) is 2.06. The summed E-state index contributed by atoms with van der Waals surface area (Å²) in [5.74, 6) is 0. The number of nitrogens with one attached hydrogen (secondary N) is 1. The molecule has 0 saturated heterocycles. The molecule has 0 spiro atoms. The standard InChI is InChI=1S/C7H9NS/c1-9(8)7-5-3-2-4-6-7/h2-6,8H,1H3. The number of hydrogen-bond donors (Lipinski definition) is 1. The van der Waals surface area contributed by atoms with Crippen molar-refractivity contribution in [2.24, 2.45) is 0 Å². The van der Waals surface area contributed by atoms with Crippen molar-refractivity contribution in [2.45, 2.75) is 4.90 Å². The van der Waals surface area contributed by atoms with Gasteiger partial charge in [-0.05, 0) is 18.4 Å². The van der Waals surface area contributed by atoms with Crippen LogP contribution in [0.3, 0.4) is 0 Å². The second kappa shape index (κ2) is 2.78. The summed E-state index contributed by atoms with van der Waals surface area (Å²) in [6.45, 7) is 0. The summed E-state index contributed by atoms with van der Waals surface area (Å²) < 4.78 is 7.35. The van der Waals surface area contributed by atoms with Gasteiger partial charge in [0.15, 0.2) is 0 Å². The Morgan fingerprint density at radius 1 is 1.22 bits per heavy atom.